The molecule has 0 bridgehead atoms. The number of ketones is 2. The summed E-state index contributed by atoms with van der Waals surface area (Å²) in [6.45, 7) is 4.26. The second kappa shape index (κ2) is 8.76. The van der Waals surface area contributed by atoms with Gasteiger partial charge in [0.25, 0.3) is 0 Å². The van der Waals surface area contributed by atoms with Crippen molar-refractivity contribution < 1.29 is 41.8 Å². The lowest BCUT2D eigenvalue weighted by atomic mass is 9.75. The van der Waals surface area contributed by atoms with E-state index in [1.807, 2.05) is 0 Å². The number of halogens is 4. The van der Waals surface area contributed by atoms with Crippen molar-refractivity contribution >= 4 is 40.3 Å². The Balaban J connectivity index is 1.93. The Bertz CT molecular complexity index is 1100. The zero-order chi connectivity index (χ0) is 25.0. The van der Waals surface area contributed by atoms with Gasteiger partial charge in [-0.3, -0.25) is 9.59 Å². The maximum absolute atomic E-state index is 13.3. The molecule has 3 aliphatic heterocycles. The maximum atomic E-state index is 13.3. The molecule has 0 saturated heterocycles. The van der Waals surface area contributed by atoms with Gasteiger partial charge >= 0.3 is 12.3 Å². The molecule has 4 rings (SSSR count). The molecule has 0 saturated carbocycles. The van der Waals surface area contributed by atoms with Crippen LogP contribution in [0.1, 0.15) is 37.8 Å². The molecule has 0 aliphatic carbocycles. The van der Waals surface area contributed by atoms with Crippen molar-refractivity contribution in [3.8, 4) is 0 Å². The number of nitrogens with zero attached hydrogens (tertiary/aromatic N) is 1. The number of Topliss-reactive ketones (excluding diaryl/α,β-unsaturated/α-hetero) is 2. The van der Waals surface area contributed by atoms with Crippen molar-refractivity contribution in [1.29, 1.82) is 0 Å². The Morgan fingerprint density at radius 1 is 1.00 bits per heavy atom. The topological polar surface area (TPSA) is 82.1 Å². The number of hydrogen-bond acceptors (Lipinski definition) is 6. The number of benzene rings is 1. The lowest BCUT2D eigenvalue weighted by molar-refractivity contribution is -0.138. The van der Waals surface area contributed by atoms with Crippen molar-refractivity contribution in [2.45, 2.75) is 38.5 Å². The summed E-state index contributed by atoms with van der Waals surface area (Å²) in [4.78, 5) is 40.4. The van der Waals surface area contributed by atoms with Crippen molar-refractivity contribution in [2.24, 2.45) is 0 Å². The summed E-state index contributed by atoms with van der Waals surface area (Å²) < 4.78 is 56.2. The average molecular weight is 591 g/mol. The number of amides is 1. The summed E-state index contributed by atoms with van der Waals surface area (Å²) in [6.07, 6.45) is -5.35. The molecule has 3 aliphatic rings. The number of rotatable bonds is 1. The van der Waals surface area contributed by atoms with Gasteiger partial charge in [-0.15, -0.1) is 0 Å². The third-order valence-corrected chi connectivity index (χ3v) is 6.38. The van der Waals surface area contributed by atoms with Gasteiger partial charge in [0.05, 0.1) is 30.2 Å². The fraction of sp³-hybridized carbons (Fsp3) is 0.435. The van der Waals surface area contributed by atoms with Crippen LogP contribution in [-0.2, 0) is 30.0 Å². The normalized spacial score (nSPS) is 19.9. The molecule has 0 spiro atoms. The standard InChI is InChI=1S/C23H21F3INO6/c1-22(2,3)34-21(31)28-14-7-32-9-16(29)19(14)18(20-15(28)8-33-10-17(20)30)11-4-5-12(13(27)6-11)23(24,25)26/h4-6,18H,7-10H2,1-3H3. The number of carbonyl (C=O) groups is 3. The first-order valence-corrected chi connectivity index (χ1v) is 11.4. The summed E-state index contributed by atoms with van der Waals surface area (Å²) in [7, 11) is 0. The van der Waals surface area contributed by atoms with Crippen LogP contribution in [0.2, 0.25) is 0 Å². The molecule has 1 aromatic carbocycles. The number of hydrogen-bond donors (Lipinski definition) is 0. The highest BCUT2D eigenvalue weighted by molar-refractivity contribution is 14.1. The van der Waals surface area contributed by atoms with E-state index in [-0.39, 0.29) is 52.5 Å². The van der Waals surface area contributed by atoms with Crippen molar-refractivity contribution in [3.05, 3.63) is 55.4 Å². The molecule has 182 valence electrons. The van der Waals surface area contributed by atoms with Crippen LogP contribution < -0.4 is 0 Å². The Morgan fingerprint density at radius 3 is 1.97 bits per heavy atom. The van der Waals surface area contributed by atoms with Crippen LogP contribution in [0.5, 0.6) is 0 Å². The molecule has 3 heterocycles. The summed E-state index contributed by atoms with van der Waals surface area (Å²) in [5, 5.41) is 0. The summed E-state index contributed by atoms with van der Waals surface area (Å²) in [6, 6.07) is 3.52. The molecule has 0 atom stereocenters. The van der Waals surface area contributed by atoms with E-state index in [2.05, 4.69) is 0 Å². The van der Waals surface area contributed by atoms with Gasteiger partial charge in [0.1, 0.15) is 18.8 Å². The van der Waals surface area contributed by atoms with E-state index >= 15 is 0 Å². The van der Waals surface area contributed by atoms with Crippen molar-refractivity contribution in [2.75, 3.05) is 26.4 Å². The van der Waals surface area contributed by atoms with Crippen molar-refractivity contribution in [1.82, 2.24) is 4.90 Å². The molecular formula is C23H21F3INO6. The molecule has 0 fully saturated rings. The quantitative estimate of drug-likeness (QED) is 0.452. The first-order chi connectivity index (χ1) is 15.8. The Labute approximate surface area is 207 Å². The van der Waals surface area contributed by atoms with Gasteiger partial charge in [0.15, 0.2) is 11.6 Å². The van der Waals surface area contributed by atoms with Gasteiger partial charge in [0, 0.05) is 20.6 Å². The largest absolute Gasteiger partial charge is 0.443 e. The first-order valence-electron chi connectivity index (χ1n) is 10.4. The minimum absolute atomic E-state index is 0.0690. The van der Waals surface area contributed by atoms with Gasteiger partial charge in [-0.25, -0.2) is 9.69 Å². The summed E-state index contributed by atoms with van der Waals surface area (Å²) >= 11 is 1.59. The minimum atomic E-state index is -4.55. The minimum Gasteiger partial charge on any atom is -0.443 e. The molecule has 1 amide bonds. The molecule has 1 aromatic rings. The van der Waals surface area contributed by atoms with E-state index < -0.39 is 40.9 Å². The second-order valence-corrected chi connectivity index (χ2v) is 10.2. The predicted octanol–water partition coefficient (Wildman–Crippen LogP) is 4.35. The lowest BCUT2D eigenvalue weighted by Crippen LogP contribution is -2.47. The first kappa shape index (κ1) is 24.9. The fourth-order valence-electron chi connectivity index (χ4n) is 4.25. The van der Waals surface area contributed by atoms with Crippen LogP contribution >= 0.6 is 22.6 Å². The van der Waals surface area contributed by atoms with E-state index in [1.165, 1.54) is 12.1 Å². The van der Waals surface area contributed by atoms with Crippen molar-refractivity contribution in [3.63, 3.8) is 0 Å². The third kappa shape index (κ3) is 4.52. The summed E-state index contributed by atoms with van der Waals surface area (Å²) in [5.74, 6) is -1.87. The lowest BCUT2D eigenvalue weighted by Gasteiger charge is -2.42. The summed E-state index contributed by atoms with van der Waals surface area (Å²) in [5.41, 5.74) is -0.666. The fourth-order valence-corrected chi connectivity index (χ4v) is 5.09. The Morgan fingerprint density at radius 2 is 1.53 bits per heavy atom. The SMILES string of the molecule is CC(C)(C)OC(=O)N1C2=C(C(=O)COC2)C(c2ccc(C(F)(F)F)c(I)c2)C2=C1COCC2=O. The smallest absolute Gasteiger partial charge is 0.419 e. The molecule has 34 heavy (non-hydrogen) atoms. The molecule has 11 heteroatoms. The second-order valence-electron chi connectivity index (χ2n) is 9.04. The van der Waals surface area contributed by atoms with E-state index in [1.54, 1.807) is 43.4 Å². The Kier molecular flexibility index (Phi) is 6.40. The van der Waals surface area contributed by atoms with Crippen LogP contribution in [0.15, 0.2) is 40.7 Å². The number of ether oxygens (including phenoxy) is 3. The highest BCUT2D eigenvalue weighted by Gasteiger charge is 2.47. The zero-order valence-corrected chi connectivity index (χ0v) is 20.7. The highest BCUT2D eigenvalue weighted by atomic mass is 127. The number of carbonyl (C=O) groups excluding carboxylic acids is 3. The van der Waals surface area contributed by atoms with Gasteiger partial charge in [-0.05, 0) is 61.1 Å². The molecular weight excluding hydrogens is 570 g/mol. The van der Waals surface area contributed by atoms with E-state index in [0.29, 0.717) is 5.56 Å². The molecule has 0 radical (unpaired) electrons. The zero-order valence-electron chi connectivity index (χ0n) is 18.5. The maximum Gasteiger partial charge on any atom is 0.419 e. The van der Waals surface area contributed by atoms with Gasteiger partial charge in [0.2, 0.25) is 0 Å². The monoisotopic (exact) mass is 591 g/mol. The molecule has 0 N–H and O–H groups in total. The molecule has 7 nitrogen and oxygen atoms in total. The van der Waals surface area contributed by atoms with E-state index in [9.17, 15) is 27.6 Å². The third-order valence-electron chi connectivity index (χ3n) is 5.49. The van der Waals surface area contributed by atoms with Crippen LogP contribution in [0.3, 0.4) is 0 Å². The van der Waals surface area contributed by atoms with E-state index in [0.717, 1.165) is 11.0 Å². The Hall–Kier alpha value is -2.25. The molecule has 0 aromatic heterocycles. The predicted molar refractivity (Wildman–Crippen MR) is 121 cm³/mol. The van der Waals surface area contributed by atoms with Crippen LogP contribution in [-0.4, -0.2) is 54.6 Å². The molecule has 0 unspecified atom stereocenters. The van der Waals surface area contributed by atoms with E-state index in [4.69, 9.17) is 14.2 Å². The van der Waals surface area contributed by atoms with Gasteiger partial charge in [-0.2, -0.15) is 13.2 Å². The average Bonchev–Trinajstić information content (AvgIpc) is 2.70. The van der Waals surface area contributed by atoms with Crippen LogP contribution in [0, 0.1) is 3.57 Å². The van der Waals surface area contributed by atoms with Crippen LogP contribution in [0.4, 0.5) is 18.0 Å². The van der Waals surface area contributed by atoms with Gasteiger partial charge in [-0.1, -0.05) is 6.07 Å². The van der Waals surface area contributed by atoms with Crippen LogP contribution in [0.25, 0.3) is 0 Å². The van der Waals surface area contributed by atoms with Gasteiger partial charge < -0.3 is 14.2 Å². The highest BCUT2D eigenvalue weighted by Crippen LogP contribution is 2.46. The number of alkyl halides is 3.